The molecule has 1 heterocycles. The van der Waals surface area contributed by atoms with Crippen molar-refractivity contribution in [1.29, 1.82) is 0 Å². The highest BCUT2D eigenvalue weighted by molar-refractivity contribution is 5.94. The van der Waals surface area contributed by atoms with E-state index in [9.17, 15) is 9.59 Å². The van der Waals surface area contributed by atoms with Crippen molar-refractivity contribution in [3.05, 3.63) is 95.1 Å². The highest BCUT2D eigenvalue weighted by atomic mass is 16.5. The largest absolute Gasteiger partial charge is 0.491 e. The van der Waals surface area contributed by atoms with Gasteiger partial charge >= 0.3 is 12.0 Å². The number of nitrogens with zero attached hydrogens (tertiary/aromatic N) is 1. The first-order chi connectivity index (χ1) is 16.6. The zero-order chi connectivity index (χ0) is 23.8. The summed E-state index contributed by atoms with van der Waals surface area (Å²) in [5.74, 6) is 0.322. The van der Waals surface area contributed by atoms with Gasteiger partial charge in [0.05, 0.1) is 39.0 Å². The van der Waals surface area contributed by atoms with E-state index in [1.807, 2.05) is 36.4 Å². The molecule has 3 aromatic rings. The minimum absolute atomic E-state index is 0.261. The van der Waals surface area contributed by atoms with Gasteiger partial charge in [-0.05, 0) is 47.9 Å². The number of benzene rings is 3. The number of fused-ring (bicyclic) bond motifs is 1. The molecule has 0 bridgehead atoms. The zero-order valence-corrected chi connectivity index (χ0v) is 19.2. The summed E-state index contributed by atoms with van der Waals surface area (Å²) in [6.45, 7) is 2.38. The van der Waals surface area contributed by atoms with Gasteiger partial charge in [-0.1, -0.05) is 42.5 Å². The molecule has 1 N–H and O–H groups in total. The summed E-state index contributed by atoms with van der Waals surface area (Å²) in [6.07, 6.45) is 0.861. The summed E-state index contributed by atoms with van der Waals surface area (Å²) in [5.41, 5.74) is 4.11. The van der Waals surface area contributed by atoms with Crippen molar-refractivity contribution >= 4 is 17.7 Å². The monoisotopic (exact) mass is 460 g/mol. The Morgan fingerprint density at radius 3 is 2.68 bits per heavy atom. The number of esters is 1. The van der Waals surface area contributed by atoms with Crippen LogP contribution in [0.4, 0.5) is 10.5 Å². The van der Waals surface area contributed by atoms with Gasteiger partial charge in [0, 0.05) is 11.3 Å². The number of carbonyl (C=O) groups excluding carboxylic acids is 2. The second-order valence-electron chi connectivity index (χ2n) is 8.00. The Morgan fingerprint density at radius 1 is 1.00 bits per heavy atom. The molecule has 0 atom stereocenters. The van der Waals surface area contributed by atoms with Crippen LogP contribution in [0.15, 0.2) is 72.8 Å². The normalized spacial score (nSPS) is 12.8. The molecule has 0 aromatic heterocycles. The summed E-state index contributed by atoms with van der Waals surface area (Å²) in [7, 11) is 1.32. The predicted molar refractivity (Wildman–Crippen MR) is 129 cm³/mol. The second-order valence-corrected chi connectivity index (χ2v) is 8.00. The molecular weight excluding hydrogens is 432 g/mol. The van der Waals surface area contributed by atoms with Crippen LogP contribution < -0.4 is 10.1 Å². The van der Waals surface area contributed by atoms with E-state index in [1.165, 1.54) is 12.7 Å². The summed E-state index contributed by atoms with van der Waals surface area (Å²) in [5, 5.41) is 2.86. The highest BCUT2D eigenvalue weighted by Crippen LogP contribution is 2.25. The molecule has 0 saturated carbocycles. The van der Waals surface area contributed by atoms with E-state index < -0.39 is 5.97 Å². The Labute approximate surface area is 199 Å². The third-order valence-corrected chi connectivity index (χ3v) is 5.57. The third kappa shape index (κ3) is 6.14. The maximum absolute atomic E-state index is 12.9. The minimum Gasteiger partial charge on any atom is -0.491 e. The van der Waals surface area contributed by atoms with Crippen molar-refractivity contribution in [2.45, 2.75) is 19.6 Å². The maximum atomic E-state index is 12.9. The summed E-state index contributed by atoms with van der Waals surface area (Å²) < 4.78 is 16.5. The predicted octanol–water partition coefficient (Wildman–Crippen LogP) is 4.66. The van der Waals surface area contributed by atoms with Crippen LogP contribution in [-0.2, 0) is 29.0 Å². The van der Waals surface area contributed by atoms with Gasteiger partial charge in [0.1, 0.15) is 12.4 Å². The first-order valence-electron chi connectivity index (χ1n) is 11.2. The summed E-state index contributed by atoms with van der Waals surface area (Å²) >= 11 is 0. The van der Waals surface area contributed by atoms with E-state index in [4.69, 9.17) is 14.2 Å². The van der Waals surface area contributed by atoms with Gasteiger partial charge in [-0.3, -0.25) is 0 Å². The average Bonchev–Trinajstić information content (AvgIpc) is 3.09. The van der Waals surface area contributed by atoms with Crippen molar-refractivity contribution < 1.29 is 23.8 Å². The van der Waals surface area contributed by atoms with Crippen molar-refractivity contribution in [3.8, 4) is 5.75 Å². The second kappa shape index (κ2) is 11.3. The van der Waals surface area contributed by atoms with Crippen LogP contribution in [-0.4, -0.2) is 43.8 Å². The standard InChI is InChI=1S/C27H28N2O5/c1-32-26(30)22-8-5-9-24(17-22)28-27(31)29-13-15-34-25-11-10-21(16-23(25)18-29)19-33-14-12-20-6-3-2-4-7-20/h2-11,16-17H,12-15,18-19H2,1H3,(H,28,31). The number of ether oxygens (including phenoxy) is 3. The lowest BCUT2D eigenvalue weighted by Crippen LogP contribution is -2.36. The third-order valence-electron chi connectivity index (χ3n) is 5.57. The number of amides is 2. The maximum Gasteiger partial charge on any atom is 0.337 e. The average molecular weight is 461 g/mol. The van der Waals surface area contributed by atoms with Crippen LogP contribution >= 0.6 is 0 Å². The van der Waals surface area contributed by atoms with Crippen molar-refractivity contribution in [3.63, 3.8) is 0 Å². The van der Waals surface area contributed by atoms with E-state index in [0.717, 1.165) is 23.3 Å². The molecule has 34 heavy (non-hydrogen) atoms. The SMILES string of the molecule is COC(=O)c1cccc(NC(=O)N2CCOc3ccc(COCCc4ccccc4)cc3C2)c1. The minimum atomic E-state index is -0.452. The molecule has 7 nitrogen and oxygen atoms in total. The Morgan fingerprint density at radius 2 is 1.85 bits per heavy atom. The van der Waals surface area contributed by atoms with Crippen LogP contribution in [0.2, 0.25) is 0 Å². The molecule has 1 aliphatic rings. The lowest BCUT2D eigenvalue weighted by molar-refractivity contribution is 0.0600. The van der Waals surface area contributed by atoms with Crippen LogP contribution in [0.25, 0.3) is 0 Å². The summed E-state index contributed by atoms with van der Waals surface area (Å²) in [6, 6.07) is 22.6. The fraction of sp³-hybridized carbons (Fsp3) is 0.259. The molecule has 7 heteroatoms. The van der Waals surface area contributed by atoms with Gasteiger partial charge in [0.2, 0.25) is 0 Å². The quantitative estimate of drug-likeness (QED) is 0.410. The van der Waals surface area contributed by atoms with E-state index in [0.29, 0.717) is 44.2 Å². The van der Waals surface area contributed by atoms with Gasteiger partial charge < -0.3 is 24.4 Å². The van der Waals surface area contributed by atoms with E-state index in [1.54, 1.807) is 29.2 Å². The van der Waals surface area contributed by atoms with Crippen LogP contribution in [0, 0.1) is 0 Å². The van der Waals surface area contributed by atoms with Crippen LogP contribution in [0.5, 0.6) is 5.75 Å². The molecular formula is C27H28N2O5. The molecule has 176 valence electrons. The number of hydrogen-bond donors (Lipinski definition) is 1. The number of methoxy groups -OCH3 is 1. The number of carbonyl (C=O) groups is 2. The Hall–Kier alpha value is -3.84. The molecule has 2 amide bonds. The van der Waals surface area contributed by atoms with Gasteiger partial charge in [0.25, 0.3) is 0 Å². The lowest BCUT2D eigenvalue weighted by Gasteiger charge is -2.20. The smallest absolute Gasteiger partial charge is 0.337 e. The number of urea groups is 1. The molecule has 0 radical (unpaired) electrons. The highest BCUT2D eigenvalue weighted by Gasteiger charge is 2.20. The fourth-order valence-corrected chi connectivity index (χ4v) is 3.78. The van der Waals surface area contributed by atoms with E-state index in [2.05, 4.69) is 17.4 Å². The molecule has 0 saturated heterocycles. The summed E-state index contributed by atoms with van der Waals surface area (Å²) in [4.78, 5) is 26.4. The van der Waals surface area contributed by atoms with Gasteiger partial charge in [0.15, 0.2) is 0 Å². The Bertz CT molecular complexity index is 1130. The lowest BCUT2D eigenvalue weighted by atomic mass is 10.1. The molecule has 4 rings (SSSR count). The molecule has 0 aliphatic carbocycles. The van der Waals surface area contributed by atoms with Crippen molar-refractivity contribution in [1.82, 2.24) is 4.90 Å². The molecule has 0 unspecified atom stereocenters. The number of rotatable bonds is 7. The van der Waals surface area contributed by atoms with Crippen LogP contribution in [0.3, 0.4) is 0 Å². The van der Waals surface area contributed by atoms with Gasteiger partial charge in [-0.25, -0.2) is 9.59 Å². The topological polar surface area (TPSA) is 77.1 Å². The fourth-order valence-electron chi connectivity index (χ4n) is 3.78. The number of hydrogen-bond acceptors (Lipinski definition) is 5. The first-order valence-corrected chi connectivity index (χ1v) is 11.2. The first kappa shape index (κ1) is 23.3. The van der Waals surface area contributed by atoms with Crippen molar-refractivity contribution in [2.24, 2.45) is 0 Å². The van der Waals surface area contributed by atoms with E-state index >= 15 is 0 Å². The van der Waals surface area contributed by atoms with Crippen molar-refractivity contribution in [2.75, 3.05) is 32.2 Å². The molecule has 3 aromatic carbocycles. The Kier molecular flexibility index (Phi) is 7.78. The number of nitrogens with one attached hydrogen (secondary N) is 1. The van der Waals surface area contributed by atoms with Crippen LogP contribution in [0.1, 0.15) is 27.0 Å². The molecule has 1 aliphatic heterocycles. The van der Waals surface area contributed by atoms with Gasteiger partial charge in [-0.2, -0.15) is 0 Å². The molecule has 0 spiro atoms. The Balaban J connectivity index is 1.36. The molecule has 0 fully saturated rings. The van der Waals surface area contributed by atoms with E-state index in [-0.39, 0.29) is 6.03 Å². The van der Waals surface area contributed by atoms with Gasteiger partial charge in [-0.15, -0.1) is 0 Å². The zero-order valence-electron chi connectivity index (χ0n) is 19.2. The number of anilines is 1.